The second kappa shape index (κ2) is 12.1. The number of thioether (sulfide) groups is 1. The molecule has 0 bridgehead atoms. The first-order valence-corrected chi connectivity index (χ1v) is 12.8. The van der Waals surface area contributed by atoms with Crippen LogP contribution in [0.25, 0.3) is 6.08 Å². The van der Waals surface area contributed by atoms with Crippen molar-refractivity contribution in [2.75, 3.05) is 13.2 Å². The van der Waals surface area contributed by atoms with Crippen molar-refractivity contribution < 1.29 is 23.5 Å². The summed E-state index contributed by atoms with van der Waals surface area (Å²) < 4.78 is 24.8. The molecule has 0 unspecified atom stereocenters. The molecule has 2 amide bonds. The third-order valence-corrected chi connectivity index (χ3v) is 6.68. The van der Waals surface area contributed by atoms with Crippen molar-refractivity contribution in [3.05, 3.63) is 99.2 Å². The van der Waals surface area contributed by atoms with Gasteiger partial charge in [0.15, 0.2) is 11.5 Å². The summed E-state index contributed by atoms with van der Waals surface area (Å²) in [4.78, 5) is 27.0. The van der Waals surface area contributed by atoms with E-state index in [-0.39, 0.29) is 23.6 Å². The van der Waals surface area contributed by atoms with E-state index in [1.54, 1.807) is 30.3 Å². The summed E-state index contributed by atoms with van der Waals surface area (Å²) in [7, 11) is 0. The largest absolute Gasteiger partial charge is 0.490 e. The summed E-state index contributed by atoms with van der Waals surface area (Å²) in [5, 5.41) is 0.0195. The van der Waals surface area contributed by atoms with Gasteiger partial charge in [-0.1, -0.05) is 54.1 Å². The molecule has 36 heavy (non-hydrogen) atoms. The lowest BCUT2D eigenvalue weighted by molar-refractivity contribution is -0.122. The van der Waals surface area contributed by atoms with Crippen molar-refractivity contribution in [3.8, 4) is 11.5 Å². The van der Waals surface area contributed by atoms with Crippen LogP contribution in [0.15, 0.2) is 71.6 Å². The maximum Gasteiger partial charge on any atom is 0.293 e. The number of amides is 2. The predicted molar refractivity (Wildman–Crippen MR) is 141 cm³/mol. The fourth-order valence-electron chi connectivity index (χ4n) is 3.74. The van der Waals surface area contributed by atoms with Gasteiger partial charge >= 0.3 is 0 Å². The van der Waals surface area contributed by atoms with Crippen molar-refractivity contribution in [3.63, 3.8) is 0 Å². The van der Waals surface area contributed by atoms with Crippen LogP contribution in [-0.4, -0.2) is 29.2 Å². The lowest BCUT2D eigenvalue weighted by atomic mass is 10.1. The molecular weight excluding hydrogens is 501 g/mol. The predicted octanol–water partition coefficient (Wildman–Crippen LogP) is 7.13. The molecule has 0 radical (unpaired) electrons. The quantitative estimate of drug-likeness (QED) is 0.264. The van der Waals surface area contributed by atoms with Gasteiger partial charge in [-0.2, -0.15) is 0 Å². The van der Waals surface area contributed by atoms with Gasteiger partial charge < -0.3 is 9.47 Å². The van der Waals surface area contributed by atoms with Crippen molar-refractivity contribution in [2.24, 2.45) is 0 Å². The molecule has 1 aliphatic rings. The molecule has 0 saturated carbocycles. The van der Waals surface area contributed by atoms with Gasteiger partial charge in [0.25, 0.3) is 11.1 Å². The maximum absolute atomic E-state index is 13.2. The zero-order valence-corrected chi connectivity index (χ0v) is 21.3. The molecule has 1 fully saturated rings. The summed E-state index contributed by atoms with van der Waals surface area (Å²) in [6, 6.07) is 19.3. The summed E-state index contributed by atoms with van der Waals surface area (Å²) in [6.07, 6.45) is 3.12. The molecule has 1 heterocycles. The van der Waals surface area contributed by atoms with Crippen LogP contribution in [-0.2, 0) is 17.8 Å². The highest BCUT2D eigenvalue weighted by Gasteiger charge is 2.34. The van der Waals surface area contributed by atoms with Crippen LogP contribution < -0.4 is 9.47 Å². The number of aryl methyl sites for hydroxylation is 1. The standard InChI is InChI=1S/C28H25ClFNO4S/c1-2-34-24-16-21(15-23(29)26(24)35-18-20-10-12-22(30)13-11-20)17-25-27(32)31(28(33)36-25)14-6-9-19-7-4-3-5-8-19/h3-5,7-8,10-13,15-17H,2,6,9,14,18H2,1H3/b25-17+. The number of imide groups is 1. The third-order valence-electron chi connectivity index (χ3n) is 5.49. The first-order valence-electron chi connectivity index (χ1n) is 11.6. The minimum absolute atomic E-state index is 0.182. The highest BCUT2D eigenvalue weighted by atomic mass is 35.5. The Hall–Kier alpha value is -3.29. The van der Waals surface area contributed by atoms with Crippen molar-refractivity contribution in [1.82, 2.24) is 4.90 Å². The number of nitrogens with zero attached hydrogens (tertiary/aromatic N) is 1. The Labute approximate surface area is 218 Å². The van der Waals surface area contributed by atoms with Gasteiger partial charge in [-0.05, 0) is 78.6 Å². The monoisotopic (exact) mass is 525 g/mol. The van der Waals surface area contributed by atoms with Crippen LogP contribution in [0, 0.1) is 5.82 Å². The van der Waals surface area contributed by atoms with E-state index in [0.29, 0.717) is 46.6 Å². The molecule has 5 nitrogen and oxygen atoms in total. The summed E-state index contributed by atoms with van der Waals surface area (Å²) in [6.45, 7) is 2.76. The van der Waals surface area contributed by atoms with Crippen molar-refractivity contribution >= 4 is 40.6 Å². The summed E-state index contributed by atoms with van der Waals surface area (Å²) in [5.74, 6) is 0.134. The Morgan fingerprint density at radius 2 is 1.75 bits per heavy atom. The van der Waals surface area contributed by atoms with Crippen molar-refractivity contribution in [1.29, 1.82) is 0 Å². The van der Waals surface area contributed by atoms with E-state index in [0.717, 1.165) is 23.7 Å². The van der Waals surface area contributed by atoms with E-state index in [2.05, 4.69) is 0 Å². The second-order valence-corrected chi connectivity index (χ2v) is 9.50. The minimum atomic E-state index is -0.322. The average molecular weight is 526 g/mol. The molecule has 3 aromatic rings. The number of halogens is 2. The Balaban J connectivity index is 1.46. The number of hydrogen-bond donors (Lipinski definition) is 0. The van der Waals surface area contributed by atoms with Gasteiger partial charge in [-0.25, -0.2) is 4.39 Å². The number of ether oxygens (including phenoxy) is 2. The lowest BCUT2D eigenvalue weighted by Crippen LogP contribution is -2.29. The molecule has 1 saturated heterocycles. The van der Waals surface area contributed by atoms with Gasteiger partial charge in [0.1, 0.15) is 12.4 Å². The normalized spacial score (nSPS) is 14.5. The number of benzene rings is 3. The van der Waals surface area contributed by atoms with E-state index >= 15 is 0 Å². The fraction of sp³-hybridized carbons (Fsp3) is 0.214. The molecule has 0 N–H and O–H groups in total. The molecule has 0 spiro atoms. The zero-order chi connectivity index (χ0) is 25.5. The van der Waals surface area contributed by atoms with E-state index < -0.39 is 0 Å². The summed E-state index contributed by atoms with van der Waals surface area (Å²) in [5.41, 5.74) is 2.56. The Bertz CT molecular complexity index is 1260. The van der Waals surface area contributed by atoms with Crippen LogP contribution in [0.1, 0.15) is 30.0 Å². The van der Waals surface area contributed by atoms with Crippen LogP contribution in [0.5, 0.6) is 11.5 Å². The third kappa shape index (κ3) is 6.47. The molecule has 186 valence electrons. The Kier molecular flexibility index (Phi) is 8.67. The maximum atomic E-state index is 13.2. The van der Waals surface area contributed by atoms with Gasteiger partial charge in [0.2, 0.25) is 0 Å². The molecule has 4 rings (SSSR count). The number of carbonyl (C=O) groups excluding carboxylic acids is 2. The summed E-state index contributed by atoms with van der Waals surface area (Å²) >= 11 is 7.42. The lowest BCUT2D eigenvalue weighted by Gasteiger charge is -2.15. The van der Waals surface area contributed by atoms with E-state index in [1.807, 2.05) is 37.3 Å². The number of hydrogen-bond acceptors (Lipinski definition) is 5. The minimum Gasteiger partial charge on any atom is -0.490 e. The molecule has 0 aliphatic carbocycles. The first-order chi connectivity index (χ1) is 17.4. The molecule has 8 heteroatoms. The smallest absolute Gasteiger partial charge is 0.293 e. The Morgan fingerprint density at radius 1 is 1.00 bits per heavy atom. The average Bonchev–Trinajstić information content (AvgIpc) is 3.13. The molecule has 0 atom stereocenters. The van der Waals surface area contributed by atoms with Crippen LogP contribution in [0.2, 0.25) is 5.02 Å². The molecule has 0 aromatic heterocycles. The highest BCUT2D eigenvalue weighted by Crippen LogP contribution is 2.39. The Morgan fingerprint density at radius 3 is 2.47 bits per heavy atom. The number of carbonyl (C=O) groups is 2. The zero-order valence-electron chi connectivity index (χ0n) is 19.7. The molecular formula is C28H25ClFNO4S. The van der Waals surface area contributed by atoms with E-state index in [4.69, 9.17) is 21.1 Å². The van der Waals surface area contributed by atoms with Gasteiger partial charge in [0, 0.05) is 6.54 Å². The van der Waals surface area contributed by atoms with E-state index in [1.165, 1.54) is 22.6 Å². The highest BCUT2D eigenvalue weighted by molar-refractivity contribution is 8.18. The fourth-order valence-corrected chi connectivity index (χ4v) is 4.88. The van der Waals surface area contributed by atoms with Crippen LogP contribution in [0.4, 0.5) is 9.18 Å². The van der Waals surface area contributed by atoms with Gasteiger partial charge in [-0.15, -0.1) is 0 Å². The van der Waals surface area contributed by atoms with Crippen LogP contribution >= 0.6 is 23.4 Å². The molecule has 3 aromatic carbocycles. The second-order valence-electron chi connectivity index (χ2n) is 8.10. The van der Waals surface area contributed by atoms with E-state index in [9.17, 15) is 14.0 Å². The SMILES string of the molecule is CCOc1cc(/C=C2/SC(=O)N(CCCc3ccccc3)C2=O)cc(Cl)c1OCc1ccc(F)cc1. The van der Waals surface area contributed by atoms with Gasteiger partial charge in [-0.3, -0.25) is 14.5 Å². The number of rotatable bonds is 10. The van der Waals surface area contributed by atoms with Crippen molar-refractivity contribution in [2.45, 2.75) is 26.4 Å². The molecule has 1 aliphatic heterocycles. The first kappa shape index (κ1) is 25.8. The topological polar surface area (TPSA) is 55.8 Å². The van der Waals surface area contributed by atoms with Gasteiger partial charge in [0.05, 0.1) is 16.5 Å². The van der Waals surface area contributed by atoms with Crippen LogP contribution in [0.3, 0.4) is 0 Å².